The van der Waals surface area contributed by atoms with Crippen molar-refractivity contribution in [2.45, 2.75) is 39.5 Å². The third-order valence-electron chi connectivity index (χ3n) is 2.87. The second-order valence-corrected chi connectivity index (χ2v) is 4.74. The van der Waals surface area contributed by atoms with Crippen molar-refractivity contribution in [3.05, 3.63) is 21.7 Å². The van der Waals surface area contributed by atoms with E-state index < -0.39 is 17.5 Å². The maximum atomic E-state index is 11.7. The van der Waals surface area contributed by atoms with Gasteiger partial charge in [0.1, 0.15) is 17.4 Å². The van der Waals surface area contributed by atoms with E-state index in [9.17, 15) is 15.0 Å². The van der Waals surface area contributed by atoms with Crippen LogP contribution in [-0.2, 0) is 17.1 Å². The van der Waals surface area contributed by atoms with Crippen molar-refractivity contribution >= 4 is 29.4 Å². The summed E-state index contributed by atoms with van der Waals surface area (Å²) >= 11 is 11.1. The number of hydrogen-bond acceptors (Lipinski definition) is 4. The van der Waals surface area contributed by atoms with Gasteiger partial charge in [-0.2, -0.15) is 0 Å². The predicted molar refractivity (Wildman–Crippen MR) is 74.0 cm³/mol. The summed E-state index contributed by atoms with van der Waals surface area (Å²) in [5.74, 6) is -1.99. The summed E-state index contributed by atoms with van der Waals surface area (Å²) in [7, 11) is 0. The van der Waals surface area contributed by atoms with Crippen molar-refractivity contribution in [3.63, 3.8) is 0 Å². The van der Waals surface area contributed by atoms with Gasteiger partial charge in [0.2, 0.25) is 0 Å². The molecule has 1 rings (SSSR count). The number of halogens is 2. The molecule has 4 nitrogen and oxygen atoms in total. The van der Waals surface area contributed by atoms with Crippen LogP contribution in [0.3, 0.4) is 0 Å². The van der Waals surface area contributed by atoms with E-state index in [1.54, 1.807) is 0 Å². The fourth-order valence-corrected chi connectivity index (χ4v) is 2.46. The van der Waals surface area contributed by atoms with E-state index in [0.717, 1.165) is 12.8 Å². The number of rotatable bonds is 5. The normalized spacial score (nSPS) is 10.5. The van der Waals surface area contributed by atoms with Crippen molar-refractivity contribution in [2.75, 3.05) is 0 Å². The van der Waals surface area contributed by atoms with Crippen LogP contribution < -0.4 is 0 Å². The standard InChI is InChI=1S/C13H16Cl2O4/c1-3-5-7-8(6-4-2)10(14)12(17)11(16)9(7)13(18)19-15/h16-17H,3-6H2,1-2H3. The van der Waals surface area contributed by atoms with Crippen LogP contribution in [0.15, 0.2) is 0 Å². The van der Waals surface area contributed by atoms with Gasteiger partial charge in [0, 0.05) is 0 Å². The number of aromatic hydroxyl groups is 2. The van der Waals surface area contributed by atoms with Crippen LogP contribution in [0.4, 0.5) is 0 Å². The van der Waals surface area contributed by atoms with Crippen LogP contribution in [0.5, 0.6) is 11.5 Å². The summed E-state index contributed by atoms with van der Waals surface area (Å²) in [6.07, 6.45) is 2.66. The first-order valence-electron chi connectivity index (χ1n) is 6.07. The molecular weight excluding hydrogens is 291 g/mol. The second-order valence-electron chi connectivity index (χ2n) is 4.21. The van der Waals surface area contributed by atoms with Gasteiger partial charge in [0.25, 0.3) is 0 Å². The maximum Gasteiger partial charge on any atom is 0.360 e. The van der Waals surface area contributed by atoms with Crippen molar-refractivity contribution in [2.24, 2.45) is 0 Å². The average Bonchev–Trinajstić information content (AvgIpc) is 2.40. The molecule has 0 aliphatic rings. The topological polar surface area (TPSA) is 66.8 Å². The third-order valence-corrected chi connectivity index (χ3v) is 3.42. The largest absolute Gasteiger partial charge is 0.504 e. The Bertz CT molecular complexity index is 486. The highest BCUT2D eigenvalue weighted by molar-refractivity contribution is 6.33. The van der Waals surface area contributed by atoms with Gasteiger partial charge in [-0.05, 0) is 24.0 Å². The lowest BCUT2D eigenvalue weighted by atomic mass is 9.93. The van der Waals surface area contributed by atoms with E-state index in [1.165, 1.54) is 0 Å². The average molecular weight is 307 g/mol. The summed E-state index contributed by atoms with van der Waals surface area (Å²) in [5, 5.41) is 19.8. The van der Waals surface area contributed by atoms with Gasteiger partial charge >= 0.3 is 5.97 Å². The summed E-state index contributed by atoms with van der Waals surface area (Å²) in [6.45, 7) is 3.89. The Morgan fingerprint density at radius 1 is 1.11 bits per heavy atom. The van der Waals surface area contributed by atoms with Crippen molar-refractivity contribution in [3.8, 4) is 11.5 Å². The van der Waals surface area contributed by atoms with Crippen molar-refractivity contribution in [1.29, 1.82) is 0 Å². The number of hydrogen-bond donors (Lipinski definition) is 2. The van der Waals surface area contributed by atoms with Gasteiger partial charge in [0.05, 0.1) is 5.02 Å². The number of phenols is 2. The molecule has 0 saturated heterocycles. The molecule has 0 aliphatic heterocycles. The lowest BCUT2D eigenvalue weighted by molar-refractivity contribution is 0.0746. The molecule has 1 aromatic carbocycles. The van der Waals surface area contributed by atoms with Crippen LogP contribution >= 0.6 is 23.5 Å². The fourth-order valence-electron chi connectivity index (χ4n) is 2.09. The van der Waals surface area contributed by atoms with Gasteiger partial charge in [-0.1, -0.05) is 38.3 Å². The highest BCUT2D eigenvalue weighted by Gasteiger charge is 2.27. The lowest BCUT2D eigenvalue weighted by Gasteiger charge is -2.17. The Morgan fingerprint density at radius 3 is 2.11 bits per heavy atom. The summed E-state index contributed by atoms with van der Waals surface area (Å²) < 4.78 is 4.15. The molecular formula is C13H16Cl2O4. The summed E-state index contributed by atoms with van der Waals surface area (Å²) in [4.78, 5) is 11.7. The van der Waals surface area contributed by atoms with Gasteiger partial charge in [0.15, 0.2) is 11.5 Å². The number of benzene rings is 1. The Balaban J connectivity index is 3.62. The SMILES string of the molecule is CCCc1c(Cl)c(O)c(O)c(C(=O)OCl)c1CCC. The van der Waals surface area contributed by atoms with Crippen molar-refractivity contribution < 1.29 is 19.3 Å². The minimum atomic E-state index is -0.896. The third kappa shape index (κ3) is 3.07. The van der Waals surface area contributed by atoms with E-state index in [2.05, 4.69) is 4.29 Å². The molecule has 0 unspecified atom stereocenters. The first-order valence-corrected chi connectivity index (χ1v) is 6.76. The smallest absolute Gasteiger partial charge is 0.360 e. The molecule has 0 amide bonds. The molecule has 19 heavy (non-hydrogen) atoms. The van der Waals surface area contributed by atoms with Crippen LogP contribution in [-0.4, -0.2) is 16.2 Å². The van der Waals surface area contributed by atoms with E-state index in [0.29, 0.717) is 24.0 Å². The molecule has 6 heteroatoms. The maximum absolute atomic E-state index is 11.7. The molecule has 106 valence electrons. The Kier molecular flexibility index (Phi) is 5.76. The summed E-state index contributed by atoms with van der Waals surface area (Å²) in [5.41, 5.74) is 1.12. The van der Waals surface area contributed by atoms with E-state index in [4.69, 9.17) is 23.5 Å². The Labute approximate surface area is 122 Å². The van der Waals surface area contributed by atoms with E-state index in [-0.39, 0.29) is 10.6 Å². The quantitative estimate of drug-likeness (QED) is 0.808. The second kappa shape index (κ2) is 6.87. The number of phenolic OH excluding ortho intramolecular Hbond substituents is 2. The molecule has 0 fully saturated rings. The zero-order valence-electron chi connectivity index (χ0n) is 10.8. The Morgan fingerprint density at radius 2 is 1.63 bits per heavy atom. The molecule has 0 heterocycles. The van der Waals surface area contributed by atoms with Crippen LogP contribution in [0.2, 0.25) is 5.02 Å². The van der Waals surface area contributed by atoms with Crippen LogP contribution in [0, 0.1) is 0 Å². The van der Waals surface area contributed by atoms with Crippen LogP contribution in [0.25, 0.3) is 0 Å². The summed E-state index contributed by atoms with van der Waals surface area (Å²) in [6, 6.07) is 0. The highest BCUT2D eigenvalue weighted by Crippen LogP contribution is 2.43. The number of carbonyl (C=O) groups excluding carboxylic acids is 1. The van der Waals surface area contributed by atoms with Gasteiger partial charge < -0.3 is 14.5 Å². The first kappa shape index (κ1) is 15.9. The molecule has 0 atom stereocenters. The zero-order chi connectivity index (χ0) is 14.6. The lowest BCUT2D eigenvalue weighted by Crippen LogP contribution is -2.09. The van der Waals surface area contributed by atoms with E-state index >= 15 is 0 Å². The van der Waals surface area contributed by atoms with E-state index in [1.807, 2.05) is 13.8 Å². The fraction of sp³-hybridized carbons (Fsp3) is 0.462. The minimum Gasteiger partial charge on any atom is -0.504 e. The molecule has 0 bridgehead atoms. The predicted octanol–water partition coefficient (Wildman–Crippen LogP) is 3.97. The first-order chi connectivity index (χ1) is 8.99. The number of carbonyl (C=O) groups is 1. The molecule has 0 aromatic heterocycles. The molecule has 0 spiro atoms. The van der Waals surface area contributed by atoms with Gasteiger partial charge in [-0.25, -0.2) is 4.79 Å². The van der Waals surface area contributed by atoms with Gasteiger partial charge in [-0.3, -0.25) is 0 Å². The molecule has 2 N–H and O–H groups in total. The van der Waals surface area contributed by atoms with Crippen LogP contribution in [0.1, 0.15) is 48.2 Å². The minimum absolute atomic E-state index is 0.0777. The monoisotopic (exact) mass is 306 g/mol. The molecule has 0 saturated carbocycles. The molecule has 1 aromatic rings. The van der Waals surface area contributed by atoms with Gasteiger partial charge in [-0.15, -0.1) is 0 Å². The molecule has 0 radical (unpaired) electrons. The zero-order valence-corrected chi connectivity index (χ0v) is 12.3. The van der Waals surface area contributed by atoms with Crippen molar-refractivity contribution in [1.82, 2.24) is 0 Å². The Hall–Kier alpha value is -1.13. The highest BCUT2D eigenvalue weighted by atomic mass is 35.5. The molecule has 0 aliphatic carbocycles.